The Kier molecular flexibility index (Phi) is 18.7. The van der Waals surface area contributed by atoms with E-state index in [9.17, 15) is 0 Å². The number of unbranched alkanes of at least 4 members (excludes halogenated alkanes) is 15. The highest BCUT2D eigenvalue weighted by atomic mass is 28.3. The molecule has 3 nitrogen and oxygen atoms in total. The predicted molar refractivity (Wildman–Crippen MR) is 147 cm³/mol. The summed E-state index contributed by atoms with van der Waals surface area (Å²) in [6, 6.07) is 1.46. The summed E-state index contributed by atoms with van der Waals surface area (Å²) in [5.41, 5.74) is 0. The minimum Gasteiger partial charge on any atom is -0.344 e. The third-order valence-corrected chi connectivity index (χ3v) is 11.4. The van der Waals surface area contributed by atoms with E-state index in [0.717, 1.165) is 5.92 Å². The lowest BCUT2D eigenvalue weighted by atomic mass is 9.99. The summed E-state index contributed by atoms with van der Waals surface area (Å²) in [4.78, 5) is 4.01. The second kappa shape index (κ2) is 19.8. The third-order valence-electron chi connectivity index (χ3n) is 7.49. The van der Waals surface area contributed by atoms with Gasteiger partial charge >= 0.3 is 0 Å². The lowest BCUT2D eigenvalue weighted by Gasteiger charge is -2.33. The molecule has 0 aliphatic carbocycles. The SMILES string of the molecule is CCCCCCCCCCCCCCCCCC[Si](C)(C)NCC1CCN([SiH2]N)CC1. The molecule has 0 unspecified atom stereocenters. The molecular weight excluding hydrogens is 410 g/mol. The van der Waals surface area contributed by atoms with Gasteiger partial charge in [0.25, 0.3) is 0 Å². The Balaban J connectivity index is 1.82. The maximum absolute atomic E-state index is 5.90. The number of nitrogens with one attached hydrogen (secondary N) is 1. The van der Waals surface area contributed by atoms with Gasteiger partial charge in [-0.15, -0.1) is 0 Å². The van der Waals surface area contributed by atoms with Gasteiger partial charge in [-0.05, 0) is 44.4 Å². The Labute approximate surface area is 200 Å². The van der Waals surface area contributed by atoms with Crippen LogP contribution in [0.2, 0.25) is 19.1 Å². The van der Waals surface area contributed by atoms with Crippen molar-refractivity contribution in [1.29, 1.82) is 0 Å². The standard InChI is InChI=1S/C26H59N3Si2/c1-4-5-6-7-8-9-10-11-12-13-14-15-16-17-18-19-24-31(2,3)28-25-26-20-22-29(30-27)23-21-26/h26,28H,4-25,27,30H2,1-3H3. The van der Waals surface area contributed by atoms with Gasteiger partial charge in [-0.2, -0.15) is 0 Å². The second-order valence-electron chi connectivity index (χ2n) is 11.1. The number of nitrogens with zero attached hydrogens (tertiary/aromatic N) is 1. The molecule has 1 heterocycles. The maximum atomic E-state index is 5.90. The molecule has 31 heavy (non-hydrogen) atoms. The molecule has 3 N–H and O–H groups in total. The van der Waals surface area contributed by atoms with Crippen molar-refractivity contribution in [2.45, 2.75) is 142 Å². The Morgan fingerprint density at radius 3 is 1.58 bits per heavy atom. The molecular formula is C26H59N3Si2. The molecule has 0 saturated carbocycles. The maximum Gasteiger partial charge on any atom is 0.167 e. The highest BCUT2D eigenvalue weighted by Crippen LogP contribution is 2.19. The van der Waals surface area contributed by atoms with Crippen molar-refractivity contribution in [3.63, 3.8) is 0 Å². The van der Waals surface area contributed by atoms with Gasteiger partial charge in [0.1, 0.15) is 8.24 Å². The molecule has 0 bridgehead atoms. The first-order valence-corrected chi connectivity index (χ1v) is 18.9. The molecule has 0 aromatic carbocycles. The summed E-state index contributed by atoms with van der Waals surface area (Å²) in [6.07, 6.45) is 26.1. The average Bonchev–Trinajstić information content (AvgIpc) is 2.78. The lowest BCUT2D eigenvalue weighted by molar-refractivity contribution is 0.278. The molecule has 1 aliphatic rings. The van der Waals surface area contributed by atoms with Gasteiger partial charge in [-0.25, -0.2) is 0 Å². The second-order valence-corrected chi connectivity index (χ2v) is 16.9. The van der Waals surface area contributed by atoms with Gasteiger partial charge in [0.15, 0.2) is 9.84 Å². The van der Waals surface area contributed by atoms with Gasteiger partial charge < -0.3 is 14.9 Å². The smallest absolute Gasteiger partial charge is 0.167 e. The molecule has 0 radical (unpaired) electrons. The highest BCUT2D eigenvalue weighted by molar-refractivity contribution is 6.74. The molecule has 0 aromatic rings. The van der Waals surface area contributed by atoms with E-state index in [-0.39, 0.29) is 0 Å². The van der Waals surface area contributed by atoms with Gasteiger partial charge in [-0.1, -0.05) is 123 Å². The van der Waals surface area contributed by atoms with E-state index in [1.54, 1.807) is 0 Å². The molecule has 5 heteroatoms. The Morgan fingerprint density at radius 2 is 1.16 bits per heavy atom. The quantitative estimate of drug-likeness (QED) is 0.145. The Hall–Kier alpha value is 0.314. The number of hydrogen-bond acceptors (Lipinski definition) is 3. The van der Waals surface area contributed by atoms with Crippen LogP contribution in [0.3, 0.4) is 0 Å². The normalized spacial score (nSPS) is 16.6. The Morgan fingerprint density at radius 1 is 0.742 bits per heavy atom. The molecule has 0 amide bonds. The topological polar surface area (TPSA) is 41.3 Å². The third kappa shape index (κ3) is 17.5. The number of piperidine rings is 1. The van der Waals surface area contributed by atoms with Crippen molar-refractivity contribution >= 4 is 18.1 Å². The summed E-state index contributed by atoms with van der Waals surface area (Å²) >= 11 is 0. The monoisotopic (exact) mass is 469 g/mol. The molecule has 1 fully saturated rings. The van der Waals surface area contributed by atoms with E-state index < -0.39 is 18.1 Å². The summed E-state index contributed by atoms with van der Waals surface area (Å²) < 4.78 is 2.52. The molecule has 1 rings (SSSR count). The summed E-state index contributed by atoms with van der Waals surface area (Å²) in [5, 5.41) is 5.90. The van der Waals surface area contributed by atoms with Crippen LogP contribution in [-0.4, -0.2) is 42.3 Å². The van der Waals surface area contributed by atoms with Gasteiger partial charge in [-0.3, -0.25) is 0 Å². The molecule has 1 aliphatic heterocycles. The highest BCUT2D eigenvalue weighted by Gasteiger charge is 2.23. The van der Waals surface area contributed by atoms with Crippen LogP contribution >= 0.6 is 0 Å². The lowest BCUT2D eigenvalue weighted by Crippen LogP contribution is -2.49. The van der Waals surface area contributed by atoms with Gasteiger partial charge in [0, 0.05) is 0 Å². The number of nitrogens with two attached hydrogens (primary N) is 1. The fourth-order valence-electron chi connectivity index (χ4n) is 5.00. The van der Waals surface area contributed by atoms with Crippen LogP contribution in [0.25, 0.3) is 0 Å². The van der Waals surface area contributed by atoms with Crippen LogP contribution in [-0.2, 0) is 0 Å². The van der Waals surface area contributed by atoms with Gasteiger partial charge in [0.05, 0.1) is 0 Å². The largest absolute Gasteiger partial charge is 0.344 e. The van der Waals surface area contributed by atoms with Crippen LogP contribution in [0.1, 0.15) is 122 Å². The van der Waals surface area contributed by atoms with E-state index in [0.29, 0.717) is 0 Å². The molecule has 186 valence electrons. The van der Waals surface area contributed by atoms with Crippen LogP contribution in [0.5, 0.6) is 0 Å². The van der Waals surface area contributed by atoms with Gasteiger partial charge in [0.2, 0.25) is 0 Å². The van der Waals surface area contributed by atoms with Crippen LogP contribution in [0, 0.1) is 5.92 Å². The van der Waals surface area contributed by atoms with Crippen LogP contribution in [0.15, 0.2) is 0 Å². The predicted octanol–water partition coefficient (Wildman–Crippen LogP) is 6.71. The molecule has 0 aromatic heterocycles. The van der Waals surface area contributed by atoms with Crippen molar-refractivity contribution < 1.29 is 0 Å². The molecule has 0 atom stereocenters. The first kappa shape index (κ1) is 29.3. The number of hydrogen-bond donors (Lipinski definition) is 2. The summed E-state index contributed by atoms with van der Waals surface area (Å²) in [6.45, 7) is 11.2. The van der Waals surface area contributed by atoms with E-state index in [1.807, 2.05) is 0 Å². The van der Waals surface area contributed by atoms with Crippen LogP contribution < -0.4 is 10.4 Å². The van der Waals surface area contributed by atoms with E-state index in [2.05, 4.69) is 29.6 Å². The first-order valence-electron chi connectivity index (χ1n) is 14.2. The Bertz CT molecular complexity index is 385. The van der Waals surface area contributed by atoms with E-state index in [1.165, 1.54) is 141 Å². The molecule has 1 saturated heterocycles. The van der Waals surface area contributed by atoms with E-state index >= 15 is 0 Å². The van der Waals surface area contributed by atoms with E-state index in [4.69, 9.17) is 5.40 Å². The average molecular weight is 470 g/mol. The zero-order valence-electron chi connectivity index (χ0n) is 21.9. The fourth-order valence-corrected chi connectivity index (χ4v) is 7.88. The van der Waals surface area contributed by atoms with Crippen molar-refractivity contribution in [3.8, 4) is 0 Å². The number of rotatable bonds is 21. The van der Waals surface area contributed by atoms with Crippen molar-refractivity contribution in [2.75, 3.05) is 19.6 Å². The van der Waals surface area contributed by atoms with Crippen molar-refractivity contribution in [1.82, 2.24) is 9.55 Å². The van der Waals surface area contributed by atoms with Crippen LogP contribution in [0.4, 0.5) is 0 Å². The zero-order valence-corrected chi connectivity index (χ0v) is 24.3. The fraction of sp³-hybridized carbons (Fsp3) is 1.00. The summed E-state index contributed by atoms with van der Waals surface area (Å²) in [7, 11) is -1.61. The zero-order chi connectivity index (χ0) is 22.6. The molecule has 0 spiro atoms. The minimum absolute atomic E-state index is 0.406. The first-order chi connectivity index (χ1) is 15.1. The van der Waals surface area contributed by atoms with Crippen molar-refractivity contribution in [3.05, 3.63) is 0 Å². The summed E-state index contributed by atoms with van der Waals surface area (Å²) in [5.74, 6) is 0.898. The van der Waals surface area contributed by atoms with Crippen molar-refractivity contribution in [2.24, 2.45) is 11.3 Å². The minimum atomic E-state index is -1.20.